The molecule has 0 aliphatic rings. The molecule has 0 aliphatic heterocycles. The largest absolute Gasteiger partial charge is 0.506 e. The Morgan fingerprint density at radius 1 is 1.27 bits per heavy atom. The lowest BCUT2D eigenvalue weighted by atomic mass is 10.0. The second kappa shape index (κ2) is 3.35. The van der Waals surface area contributed by atoms with Gasteiger partial charge in [-0.1, -0.05) is 6.07 Å². The van der Waals surface area contributed by atoms with Crippen LogP contribution in [0.2, 0.25) is 0 Å². The Balaban J connectivity index is 2.88. The Bertz CT molecular complexity index is 547. The van der Waals surface area contributed by atoms with Gasteiger partial charge in [-0.25, -0.2) is 4.98 Å². The van der Waals surface area contributed by atoms with Gasteiger partial charge >= 0.3 is 0 Å². The maximum absolute atomic E-state index is 11.3. The minimum atomic E-state index is -0.0225. The van der Waals surface area contributed by atoms with Crippen LogP contribution in [0.3, 0.4) is 0 Å². The van der Waals surface area contributed by atoms with E-state index in [0.29, 0.717) is 16.5 Å². The molecule has 0 saturated carbocycles. The fourth-order valence-electron chi connectivity index (χ4n) is 1.61. The minimum Gasteiger partial charge on any atom is -0.506 e. The Kier molecular flexibility index (Phi) is 2.15. The van der Waals surface area contributed by atoms with Crippen molar-refractivity contribution < 1.29 is 9.90 Å². The van der Waals surface area contributed by atoms with Crippen LogP contribution < -0.4 is 0 Å². The van der Waals surface area contributed by atoms with Crippen molar-refractivity contribution >= 4 is 16.7 Å². The summed E-state index contributed by atoms with van der Waals surface area (Å²) in [4.78, 5) is 15.6. The smallest absolute Gasteiger partial charge is 0.160 e. The normalized spacial score (nSPS) is 10.5. The zero-order valence-corrected chi connectivity index (χ0v) is 8.61. The van der Waals surface area contributed by atoms with Crippen molar-refractivity contribution in [2.24, 2.45) is 0 Å². The van der Waals surface area contributed by atoms with E-state index in [1.165, 1.54) is 13.0 Å². The maximum atomic E-state index is 11.3. The number of Topliss-reactive ketones (excluding diaryl/α,β-unsaturated/α-hetero) is 1. The summed E-state index contributed by atoms with van der Waals surface area (Å²) in [6.07, 6.45) is 0. The van der Waals surface area contributed by atoms with Crippen LogP contribution in [0.5, 0.6) is 5.75 Å². The van der Waals surface area contributed by atoms with Crippen LogP contribution >= 0.6 is 0 Å². The van der Waals surface area contributed by atoms with Gasteiger partial charge in [-0.2, -0.15) is 0 Å². The fraction of sp³-hybridized carbons (Fsp3) is 0.167. The summed E-state index contributed by atoms with van der Waals surface area (Å²) >= 11 is 0. The molecule has 0 aliphatic carbocycles. The SMILES string of the molecule is CC(=O)c1ccc(O)c2nc(C)ccc12. The zero-order chi connectivity index (χ0) is 11.0. The van der Waals surface area contributed by atoms with E-state index in [1.807, 2.05) is 19.1 Å². The molecular weight excluding hydrogens is 190 g/mol. The van der Waals surface area contributed by atoms with Crippen molar-refractivity contribution in [1.82, 2.24) is 4.98 Å². The highest BCUT2D eigenvalue weighted by molar-refractivity contribution is 6.07. The summed E-state index contributed by atoms with van der Waals surface area (Å²) in [5.74, 6) is 0.0874. The Labute approximate surface area is 87.4 Å². The summed E-state index contributed by atoms with van der Waals surface area (Å²) in [5, 5.41) is 10.3. The molecular formula is C12H11NO2. The van der Waals surface area contributed by atoms with E-state index < -0.39 is 0 Å². The third kappa shape index (κ3) is 1.56. The van der Waals surface area contributed by atoms with Crippen molar-refractivity contribution in [3.63, 3.8) is 0 Å². The maximum Gasteiger partial charge on any atom is 0.160 e. The third-order valence-corrected chi connectivity index (χ3v) is 2.35. The fourth-order valence-corrected chi connectivity index (χ4v) is 1.61. The van der Waals surface area contributed by atoms with E-state index in [2.05, 4.69) is 4.98 Å². The first-order valence-corrected chi connectivity index (χ1v) is 4.70. The average Bonchev–Trinajstić information content (AvgIpc) is 2.19. The van der Waals surface area contributed by atoms with Crippen LogP contribution in [0.4, 0.5) is 0 Å². The number of phenols is 1. The predicted octanol–water partition coefficient (Wildman–Crippen LogP) is 2.45. The van der Waals surface area contributed by atoms with Gasteiger partial charge in [0.05, 0.1) is 0 Å². The minimum absolute atomic E-state index is 0.0225. The number of aromatic nitrogens is 1. The van der Waals surface area contributed by atoms with Crippen molar-refractivity contribution in [3.05, 3.63) is 35.5 Å². The summed E-state index contributed by atoms with van der Waals surface area (Å²) in [7, 11) is 0. The number of carbonyl (C=O) groups is 1. The molecule has 0 radical (unpaired) electrons. The van der Waals surface area contributed by atoms with Crippen LogP contribution in [-0.4, -0.2) is 15.9 Å². The molecule has 0 unspecified atom stereocenters. The molecule has 1 aromatic heterocycles. The number of aromatic hydroxyl groups is 1. The highest BCUT2D eigenvalue weighted by Crippen LogP contribution is 2.26. The van der Waals surface area contributed by atoms with Gasteiger partial charge in [-0.3, -0.25) is 4.79 Å². The molecule has 0 saturated heterocycles. The van der Waals surface area contributed by atoms with E-state index in [0.717, 1.165) is 5.69 Å². The van der Waals surface area contributed by atoms with E-state index >= 15 is 0 Å². The molecule has 2 aromatic rings. The molecule has 15 heavy (non-hydrogen) atoms. The molecule has 2 rings (SSSR count). The van der Waals surface area contributed by atoms with Gasteiger partial charge in [0, 0.05) is 16.6 Å². The number of fused-ring (bicyclic) bond motifs is 1. The molecule has 0 atom stereocenters. The quantitative estimate of drug-likeness (QED) is 0.721. The van der Waals surface area contributed by atoms with Crippen LogP contribution in [0.25, 0.3) is 10.9 Å². The molecule has 3 nitrogen and oxygen atoms in total. The molecule has 76 valence electrons. The van der Waals surface area contributed by atoms with Crippen LogP contribution in [0, 0.1) is 6.92 Å². The van der Waals surface area contributed by atoms with Crippen LogP contribution in [0.15, 0.2) is 24.3 Å². The number of hydrogen-bond acceptors (Lipinski definition) is 3. The first kappa shape index (κ1) is 9.65. The second-order valence-corrected chi connectivity index (χ2v) is 3.54. The van der Waals surface area contributed by atoms with Gasteiger partial charge in [0.15, 0.2) is 5.78 Å². The molecule has 0 amide bonds. The van der Waals surface area contributed by atoms with Crippen molar-refractivity contribution in [2.45, 2.75) is 13.8 Å². The van der Waals surface area contributed by atoms with Crippen molar-refractivity contribution in [2.75, 3.05) is 0 Å². The molecule has 0 fully saturated rings. The van der Waals surface area contributed by atoms with E-state index in [4.69, 9.17) is 0 Å². The number of phenolic OH excluding ortho intramolecular Hbond substituents is 1. The number of hydrogen-bond donors (Lipinski definition) is 1. The van der Waals surface area contributed by atoms with E-state index in [-0.39, 0.29) is 11.5 Å². The van der Waals surface area contributed by atoms with E-state index in [1.54, 1.807) is 6.07 Å². The number of rotatable bonds is 1. The topological polar surface area (TPSA) is 50.2 Å². The van der Waals surface area contributed by atoms with E-state index in [9.17, 15) is 9.90 Å². The van der Waals surface area contributed by atoms with Crippen LogP contribution in [0.1, 0.15) is 23.0 Å². The molecule has 1 heterocycles. The first-order valence-electron chi connectivity index (χ1n) is 4.70. The molecule has 1 N–H and O–H groups in total. The van der Waals surface area contributed by atoms with Gasteiger partial charge in [-0.15, -0.1) is 0 Å². The van der Waals surface area contributed by atoms with Gasteiger partial charge < -0.3 is 5.11 Å². The number of benzene rings is 1. The van der Waals surface area contributed by atoms with Gasteiger partial charge in [-0.05, 0) is 32.0 Å². The second-order valence-electron chi connectivity index (χ2n) is 3.54. The van der Waals surface area contributed by atoms with Gasteiger partial charge in [0.1, 0.15) is 11.3 Å². The standard InChI is InChI=1S/C12H11NO2/c1-7-3-4-10-9(8(2)14)5-6-11(15)12(10)13-7/h3-6,15H,1-2H3. The summed E-state index contributed by atoms with van der Waals surface area (Å²) < 4.78 is 0. The highest BCUT2D eigenvalue weighted by atomic mass is 16.3. The summed E-state index contributed by atoms with van der Waals surface area (Å²) in [6.45, 7) is 3.35. The average molecular weight is 201 g/mol. The van der Waals surface area contributed by atoms with Crippen LogP contribution in [-0.2, 0) is 0 Å². The van der Waals surface area contributed by atoms with Gasteiger partial charge in [0.2, 0.25) is 0 Å². The zero-order valence-electron chi connectivity index (χ0n) is 8.61. The molecule has 0 spiro atoms. The Morgan fingerprint density at radius 3 is 2.67 bits per heavy atom. The third-order valence-electron chi connectivity index (χ3n) is 2.35. The summed E-state index contributed by atoms with van der Waals surface area (Å²) in [5.41, 5.74) is 1.90. The number of aryl methyl sites for hydroxylation is 1. The van der Waals surface area contributed by atoms with Crippen molar-refractivity contribution in [3.8, 4) is 5.75 Å². The number of ketones is 1. The van der Waals surface area contributed by atoms with Crippen molar-refractivity contribution in [1.29, 1.82) is 0 Å². The molecule has 3 heteroatoms. The lowest BCUT2D eigenvalue weighted by molar-refractivity contribution is 0.101. The highest BCUT2D eigenvalue weighted by Gasteiger charge is 2.09. The summed E-state index contributed by atoms with van der Waals surface area (Å²) in [6, 6.07) is 6.77. The van der Waals surface area contributed by atoms with Gasteiger partial charge in [0.25, 0.3) is 0 Å². The molecule has 1 aromatic carbocycles. The lowest BCUT2D eigenvalue weighted by Gasteiger charge is -2.05. The molecule has 0 bridgehead atoms. The Morgan fingerprint density at radius 2 is 2.00 bits per heavy atom. The lowest BCUT2D eigenvalue weighted by Crippen LogP contribution is -1.95. The monoisotopic (exact) mass is 201 g/mol. The predicted molar refractivity (Wildman–Crippen MR) is 58.1 cm³/mol. The number of carbonyl (C=O) groups excluding carboxylic acids is 1. The number of pyridine rings is 1. The first-order chi connectivity index (χ1) is 7.09. The number of nitrogens with zero attached hydrogens (tertiary/aromatic N) is 1. The Hall–Kier alpha value is -1.90.